The Hall–Kier alpha value is -0.0800. The van der Waals surface area contributed by atoms with E-state index in [0.29, 0.717) is 6.04 Å². The Labute approximate surface area is 94.4 Å². The standard InChI is InChI=1S/C13H26N2/c1-10(2)14-8-11(3)15(13-6-7-13)9-12-4-5-12/h10-14H,4-9H2,1-3H3. The molecule has 1 atom stereocenters. The van der Waals surface area contributed by atoms with Crippen molar-refractivity contribution in [2.24, 2.45) is 5.92 Å². The predicted octanol–water partition coefficient (Wildman–Crippen LogP) is 2.25. The summed E-state index contributed by atoms with van der Waals surface area (Å²) in [4.78, 5) is 2.76. The van der Waals surface area contributed by atoms with E-state index in [9.17, 15) is 0 Å². The van der Waals surface area contributed by atoms with Crippen molar-refractivity contribution in [3.05, 3.63) is 0 Å². The fourth-order valence-corrected chi connectivity index (χ4v) is 2.22. The molecule has 0 heterocycles. The minimum Gasteiger partial charge on any atom is -0.313 e. The van der Waals surface area contributed by atoms with Crippen LogP contribution in [0.25, 0.3) is 0 Å². The minimum absolute atomic E-state index is 0.620. The van der Waals surface area contributed by atoms with Crippen LogP contribution in [0.4, 0.5) is 0 Å². The van der Waals surface area contributed by atoms with Crippen molar-refractivity contribution >= 4 is 0 Å². The summed E-state index contributed by atoms with van der Waals surface area (Å²) in [5.41, 5.74) is 0. The zero-order valence-electron chi connectivity index (χ0n) is 10.5. The first-order chi connectivity index (χ1) is 7.16. The highest BCUT2D eigenvalue weighted by molar-refractivity contribution is 4.91. The second kappa shape index (κ2) is 4.84. The second-order valence-corrected chi connectivity index (χ2v) is 5.78. The van der Waals surface area contributed by atoms with Gasteiger partial charge in [-0.25, -0.2) is 0 Å². The van der Waals surface area contributed by atoms with Gasteiger partial charge in [0, 0.05) is 31.2 Å². The Morgan fingerprint density at radius 3 is 2.27 bits per heavy atom. The molecule has 0 aliphatic heterocycles. The van der Waals surface area contributed by atoms with Crippen LogP contribution in [0.5, 0.6) is 0 Å². The van der Waals surface area contributed by atoms with E-state index in [1.54, 1.807) is 0 Å². The number of nitrogens with one attached hydrogen (secondary N) is 1. The molecule has 0 radical (unpaired) electrons. The van der Waals surface area contributed by atoms with E-state index in [-0.39, 0.29) is 0 Å². The largest absolute Gasteiger partial charge is 0.313 e. The maximum absolute atomic E-state index is 3.56. The van der Waals surface area contributed by atoms with Crippen molar-refractivity contribution < 1.29 is 0 Å². The molecule has 1 N–H and O–H groups in total. The average Bonchev–Trinajstić information content (AvgIpc) is 3.00. The van der Waals surface area contributed by atoms with E-state index in [2.05, 4.69) is 31.0 Å². The molecule has 88 valence electrons. The molecular weight excluding hydrogens is 184 g/mol. The normalized spacial score (nSPS) is 23.8. The van der Waals surface area contributed by atoms with Crippen LogP contribution >= 0.6 is 0 Å². The fourth-order valence-electron chi connectivity index (χ4n) is 2.22. The van der Waals surface area contributed by atoms with E-state index in [0.717, 1.165) is 24.5 Å². The van der Waals surface area contributed by atoms with Crippen LogP contribution in [0.15, 0.2) is 0 Å². The van der Waals surface area contributed by atoms with E-state index >= 15 is 0 Å². The van der Waals surface area contributed by atoms with Crippen LogP contribution in [0.3, 0.4) is 0 Å². The monoisotopic (exact) mass is 210 g/mol. The molecule has 0 amide bonds. The summed E-state index contributed by atoms with van der Waals surface area (Å²) < 4.78 is 0. The van der Waals surface area contributed by atoms with Crippen LogP contribution < -0.4 is 5.32 Å². The third-order valence-electron chi connectivity index (χ3n) is 3.57. The molecule has 1 unspecified atom stereocenters. The SMILES string of the molecule is CC(C)NCC(C)N(CC1CC1)C1CC1. The lowest BCUT2D eigenvalue weighted by Gasteiger charge is -2.30. The van der Waals surface area contributed by atoms with Gasteiger partial charge in [0.2, 0.25) is 0 Å². The number of hydrogen-bond acceptors (Lipinski definition) is 2. The molecule has 2 nitrogen and oxygen atoms in total. The van der Waals surface area contributed by atoms with Crippen molar-refractivity contribution in [2.75, 3.05) is 13.1 Å². The minimum atomic E-state index is 0.620. The summed E-state index contributed by atoms with van der Waals surface area (Å²) >= 11 is 0. The first-order valence-corrected chi connectivity index (χ1v) is 6.66. The van der Waals surface area contributed by atoms with Crippen LogP contribution in [0.1, 0.15) is 46.5 Å². The highest BCUT2D eigenvalue weighted by Gasteiger charge is 2.35. The zero-order valence-corrected chi connectivity index (χ0v) is 10.5. The van der Waals surface area contributed by atoms with Gasteiger partial charge >= 0.3 is 0 Å². The first-order valence-electron chi connectivity index (χ1n) is 6.66. The predicted molar refractivity (Wildman–Crippen MR) is 65.1 cm³/mol. The van der Waals surface area contributed by atoms with Crippen molar-refractivity contribution in [3.63, 3.8) is 0 Å². The topological polar surface area (TPSA) is 15.3 Å². The van der Waals surface area contributed by atoms with E-state index in [1.807, 2.05) is 0 Å². The van der Waals surface area contributed by atoms with Crippen LogP contribution in [0.2, 0.25) is 0 Å². The van der Waals surface area contributed by atoms with Gasteiger partial charge in [-0.15, -0.1) is 0 Å². The van der Waals surface area contributed by atoms with Crippen LogP contribution in [0, 0.1) is 5.92 Å². The quantitative estimate of drug-likeness (QED) is 0.693. The average molecular weight is 210 g/mol. The van der Waals surface area contributed by atoms with Gasteiger partial charge in [-0.1, -0.05) is 13.8 Å². The molecule has 2 aliphatic rings. The molecule has 2 fully saturated rings. The Morgan fingerprint density at radius 1 is 1.13 bits per heavy atom. The molecule has 0 aromatic heterocycles. The van der Waals surface area contributed by atoms with Crippen molar-refractivity contribution in [1.82, 2.24) is 10.2 Å². The lowest BCUT2D eigenvalue weighted by atomic mass is 10.2. The highest BCUT2D eigenvalue weighted by atomic mass is 15.2. The Bertz CT molecular complexity index is 195. The maximum Gasteiger partial charge on any atom is 0.0195 e. The Kier molecular flexibility index (Phi) is 3.68. The van der Waals surface area contributed by atoms with Gasteiger partial charge in [0.25, 0.3) is 0 Å². The van der Waals surface area contributed by atoms with Gasteiger partial charge in [-0.05, 0) is 38.5 Å². The van der Waals surface area contributed by atoms with Crippen molar-refractivity contribution in [3.8, 4) is 0 Å². The molecule has 0 saturated heterocycles. The summed E-state index contributed by atoms with van der Waals surface area (Å²) in [7, 11) is 0. The maximum atomic E-state index is 3.56. The van der Waals surface area contributed by atoms with E-state index in [4.69, 9.17) is 0 Å². The van der Waals surface area contributed by atoms with E-state index < -0.39 is 0 Å². The molecule has 15 heavy (non-hydrogen) atoms. The van der Waals surface area contributed by atoms with Gasteiger partial charge < -0.3 is 5.32 Å². The Morgan fingerprint density at radius 2 is 1.80 bits per heavy atom. The second-order valence-electron chi connectivity index (χ2n) is 5.78. The van der Waals surface area contributed by atoms with Crippen LogP contribution in [-0.4, -0.2) is 36.1 Å². The summed E-state index contributed by atoms with van der Waals surface area (Å²) in [6.45, 7) is 9.37. The van der Waals surface area contributed by atoms with Gasteiger partial charge in [-0.2, -0.15) is 0 Å². The smallest absolute Gasteiger partial charge is 0.0195 e. The van der Waals surface area contributed by atoms with Crippen molar-refractivity contribution in [2.45, 2.75) is 64.6 Å². The molecule has 2 rings (SSSR count). The highest BCUT2D eigenvalue weighted by Crippen LogP contribution is 2.35. The molecule has 0 aromatic rings. The molecule has 0 aromatic carbocycles. The number of nitrogens with zero attached hydrogens (tertiary/aromatic N) is 1. The third kappa shape index (κ3) is 3.76. The molecule has 2 aliphatic carbocycles. The summed E-state index contributed by atoms with van der Waals surface area (Å²) in [6.07, 6.45) is 5.85. The lowest BCUT2D eigenvalue weighted by molar-refractivity contribution is 0.184. The van der Waals surface area contributed by atoms with Gasteiger partial charge in [0.1, 0.15) is 0 Å². The number of hydrogen-bond donors (Lipinski definition) is 1. The summed E-state index contributed by atoms with van der Waals surface area (Å²) in [5, 5.41) is 3.56. The lowest BCUT2D eigenvalue weighted by Crippen LogP contribution is -2.44. The van der Waals surface area contributed by atoms with Gasteiger partial charge in [0.15, 0.2) is 0 Å². The van der Waals surface area contributed by atoms with Gasteiger partial charge in [0.05, 0.1) is 0 Å². The van der Waals surface area contributed by atoms with Crippen molar-refractivity contribution in [1.29, 1.82) is 0 Å². The van der Waals surface area contributed by atoms with E-state index in [1.165, 1.54) is 32.2 Å². The van der Waals surface area contributed by atoms with Crippen LogP contribution in [-0.2, 0) is 0 Å². The number of rotatable bonds is 7. The molecular formula is C13H26N2. The summed E-state index contributed by atoms with van der Waals surface area (Å²) in [5.74, 6) is 1.03. The zero-order chi connectivity index (χ0) is 10.8. The molecule has 2 saturated carbocycles. The third-order valence-corrected chi connectivity index (χ3v) is 3.57. The molecule has 0 bridgehead atoms. The molecule has 0 spiro atoms. The summed E-state index contributed by atoms with van der Waals surface area (Å²) in [6, 6.07) is 2.27. The van der Waals surface area contributed by atoms with Gasteiger partial charge in [-0.3, -0.25) is 4.90 Å². The molecule has 2 heteroatoms. The Balaban J connectivity index is 1.74. The fraction of sp³-hybridized carbons (Fsp3) is 1.00. The first kappa shape index (κ1) is 11.4.